The molecule has 0 radical (unpaired) electrons. The van der Waals surface area contributed by atoms with E-state index >= 15 is 0 Å². The van der Waals surface area contributed by atoms with Crippen LogP contribution >= 0.6 is 35.3 Å². The number of nitrogens with one attached hydrogen (secondary N) is 2. The summed E-state index contributed by atoms with van der Waals surface area (Å²) in [5.74, 6) is 2.10. The van der Waals surface area contributed by atoms with Crippen molar-refractivity contribution in [2.24, 2.45) is 4.99 Å². The maximum atomic E-state index is 5.52. The predicted molar refractivity (Wildman–Crippen MR) is 110 cm³/mol. The second-order valence-corrected chi connectivity index (χ2v) is 5.65. The van der Waals surface area contributed by atoms with E-state index in [-0.39, 0.29) is 24.0 Å². The summed E-state index contributed by atoms with van der Waals surface area (Å²) in [5, 5.41) is 6.52. The van der Waals surface area contributed by atoms with Gasteiger partial charge in [0.1, 0.15) is 0 Å². The number of aliphatic imine (C=N–C) groups is 1. The Morgan fingerprint density at radius 1 is 1.33 bits per heavy atom. The second kappa shape index (κ2) is 10.3. The molecule has 0 atom stereocenters. The third-order valence-corrected chi connectivity index (χ3v) is 4.15. The summed E-state index contributed by atoms with van der Waals surface area (Å²) in [6, 6.07) is 5.69. The minimum atomic E-state index is 0. The van der Waals surface area contributed by atoms with Crippen molar-refractivity contribution in [2.75, 3.05) is 26.1 Å². The molecule has 0 saturated heterocycles. The van der Waals surface area contributed by atoms with E-state index in [1.165, 1.54) is 4.88 Å². The van der Waals surface area contributed by atoms with E-state index in [4.69, 9.17) is 9.47 Å². The number of halogens is 1. The Kier molecular flexibility index (Phi) is 8.83. The fourth-order valence-electron chi connectivity index (χ4n) is 2.00. The molecular weight excluding hydrogens is 439 g/mol. The zero-order valence-corrected chi connectivity index (χ0v) is 17.4. The number of aryl methyl sites for hydroxylation is 1. The number of hydrogen-bond donors (Lipinski definition) is 2. The zero-order valence-electron chi connectivity index (χ0n) is 14.3. The van der Waals surface area contributed by atoms with Crippen molar-refractivity contribution in [2.45, 2.75) is 20.4 Å². The van der Waals surface area contributed by atoms with Gasteiger partial charge >= 0.3 is 0 Å². The van der Waals surface area contributed by atoms with Crippen molar-refractivity contribution in [3.63, 3.8) is 0 Å². The Morgan fingerprint density at radius 3 is 2.71 bits per heavy atom. The number of anilines is 1. The first-order valence-electron chi connectivity index (χ1n) is 7.35. The largest absolute Gasteiger partial charge is 0.493 e. The molecule has 8 heteroatoms. The molecule has 0 bridgehead atoms. The highest BCUT2D eigenvalue weighted by atomic mass is 127. The summed E-state index contributed by atoms with van der Waals surface area (Å²) in [6.07, 6.45) is 0. The highest BCUT2D eigenvalue weighted by molar-refractivity contribution is 14.0. The number of hydrogen-bond acceptors (Lipinski definition) is 5. The van der Waals surface area contributed by atoms with Gasteiger partial charge in [0.2, 0.25) is 0 Å². The molecule has 2 aromatic rings. The molecule has 1 aromatic carbocycles. The molecule has 2 N–H and O–H groups in total. The molecule has 24 heavy (non-hydrogen) atoms. The van der Waals surface area contributed by atoms with E-state index in [0.29, 0.717) is 24.9 Å². The van der Waals surface area contributed by atoms with Gasteiger partial charge in [-0.1, -0.05) is 0 Å². The van der Waals surface area contributed by atoms with Gasteiger partial charge in [-0.15, -0.1) is 35.3 Å². The molecule has 132 valence electrons. The fraction of sp³-hybridized carbons (Fsp3) is 0.375. The Bertz CT molecular complexity index is 676. The summed E-state index contributed by atoms with van der Waals surface area (Å²) in [7, 11) is 3.36. The SMILES string of the molecule is CCOc1ccc(NC(=NC)NCc2scnc2C)cc1OC.I. The quantitative estimate of drug-likeness (QED) is 0.390. The molecular formula is C16H23IN4O2S. The number of rotatable bonds is 6. The number of ether oxygens (including phenoxy) is 2. The number of guanidine groups is 1. The fourth-order valence-corrected chi connectivity index (χ4v) is 2.71. The summed E-state index contributed by atoms with van der Waals surface area (Å²) in [6.45, 7) is 5.23. The Morgan fingerprint density at radius 2 is 2.12 bits per heavy atom. The highest BCUT2D eigenvalue weighted by Gasteiger charge is 2.08. The van der Waals surface area contributed by atoms with Crippen LogP contribution in [0.25, 0.3) is 0 Å². The van der Waals surface area contributed by atoms with Crippen LogP contribution in [0, 0.1) is 6.92 Å². The van der Waals surface area contributed by atoms with Crippen molar-refractivity contribution >= 4 is 47.0 Å². The van der Waals surface area contributed by atoms with Crippen LogP contribution in [0.2, 0.25) is 0 Å². The van der Waals surface area contributed by atoms with Gasteiger partial charge in [-0.3, -0.25) is 4.99 Å². The van der Waals surface area contributed by atoms with E-state index in [1.807, 2.05) is 37.6 Å². The normalized spacial score (nSPS) is 10.8. The standard InChI is InChI=1S/C16H22N4O2S.HI/c1-5-22-13-7-6-12(8-14(13)21-4)20-16(17-3)18-9-15-11(2)19-10-23-15;/h6-8,10H,5,9H2,1-4H3,(H2,17,18,20);1H. The predicted octanol–water partition coefficient (Wildman–Crippen LogP) is 3.66. The minimum absolute atomic E-state index is 0. The maximum Gasteiger partial charge on any atom is 0.195 e. The van der Waals surface area contributed by atoms with Crippen LogP contribution in [0.1, 0.15) is 17.5 Å². The zero-order chi connectivity index (χ0) is 16.7. The number of thiazole rings is 1. The van der Waals surface area contributed by atoms with Gasteiger partial charge in [0.15, 0.2) is 17.5 Å². The Balaban J connectivity index is 0.00000288. The van der Waals surface area contributed by atoms with Crippen molar-refractivity contribution < 1.29 is 9.47 Å². The molecule has 2 rings (SSSR count). The lowest BCUT2D eigenvalue weighted by Gasteiger charge is -2.14. The van der Waals surface area contributed by atoms with E-state index in [0.717, 1.165) is 17.1 Å². The van der Waals surface area contributed by atoms with Crippen molar-refractivity contribution in [1.29, 1.82) is 0 Å². The second-order valence-electron chi connectivity index (χ2n) is 4.71. The number of benzene rings is 1. The molecule has 0 fully saturated rings. The molecule has 0 spiro atoms. The first-order valence-corrected chi connectivity index (χ1v) is 8.23. The van der Waals surface area contributed by atoms with Gasteiger partial charge in [-0.25, -0.2) is 4.98 Å². The average Bonchev–Trinajstić information content (AvgIpc) is 2.98. The number of methoxy groups -OCH3 is 1. The Hall–Kier alpha value is -1.55. The van der Waals surface area contributed by atoms with Crippen molar-refractivity contribution in [1.82, 2.24) is 10.3 Å². The molecule has 6 nitrogen and oxygen atoms in total. The van der Waals surface area contributed by atoms with Crippen molar-refractivity contribution in [3.05, 3.63) is 34.3 Å². The molecule has 0 saturated carbocycles. The third-order valence-electron chi connectivity index (χ3n) is 3.21. The van der Waals surface area contributed by atoms with E-state index in [2.05, 4.69) is 20.6 Å². The van der Waals surface area contributed by atoms with Crippen LogP contribution in [0.3, 0.4) is 0 Å². The van der Waals surface area contributed by atoms with E-state index in [9.17, 15) is 0 Å². The maximum absolute atomic E-state index is 5.52. The van der Waals surface area contributed by atoms with Gasteiger partial charge in [0.25, 0.3) is 0 Å². The molecule has 0 aliphatic carbocycles. The lowest BCUT2D eigenvalue weighted by Crippen LogP contribution is -2.30. The van der Waals surface area contributed by atoms with Gasteiger partial charge in [-0.2, -0.15) is 0 Å². The van der Waals surface area contributed by atoms with Crippen LogP contribution in [0.15, 0.2) is 28.7 Å². The van der Waals surface area contributed by atoms with Crippen LogP contribution in [0.5, 0.6) is 11.5 Å². The summed E-state index contributed by atoms with van der Waals surface area (Å²) in [4.78, 5) is 9.67. The molecule has 0 aliphatic rings. The molecule has 0 aliphatic heterocycles. The van der Waals surface area contributed by atoms with Gasteiger partial charge in [-0.05, 0) is 26.0 Å². The average molecular weight is 462 g/mol. The van der Waals surface area contributed by atoms with Crippen LogP contribution in [-0.2, 0) is 6.54 Å². The van der Waals surface area contributed by atoms with Gasteiger partial charge in [0, 0.05) is 23.7 Å². The molecule has 0 unspecified atom stereocenters. The highest BCUT2D eigenvalue weighted by Crippen LogP contribution is 2.30. The summed E-state index contributed by atoms with van der Waals surface area (Å²) >= 11 is 1.63. The minimum Gasteiger partial charge on any atom is -0.493 e. The molecule has 1 aromatic heterocycles. The summed E-state index contributed by atoms with van der Waals surface area (Å²) < 4.78 is 10.9. The lowest BCUT2D eigenvalue weighted by molar-refractivity contribution is 0.311. The summed E-state index contributed by atoms with van der Waals surface area (Å²) in [5.41, 5.74) is 3.76. The van der Waals surface area contributed by atoms with Crippen molar-refractivity contribution in [3.8, 4) is 11.5 Å². The number of nitrogens with zero attached hydrogens (tertiary/aromatic N) is 2. The Labute approximate surface area is 163 Å². The lowest BCUT2D eigenvalue weighted by atomic mass is 10.2. The van der Waals surface area contributed by atoms with E-state index < -0.39 is 0 Å². The number of aromatic nitrogens is 1. The molecule has 1 heterocycles. The smallest absolute Gasteiger partial charge is 0.195 e. The topological polar surface area (TPSA) is 67.8 Å². The van der Waals surface area contributed by atoms with Crippen LogP contribution < -0.4 is 20.1 Å². The van der Waals surface area contributed by atoms with Crippen LogP contribution in [-0.4, -0.2) is 31.7 Å². The van der Waals surface area contributed by atoms with Crippen LogP contribution in [0.4, 0.5) is 5.69 Å². The van der Waals surface area contributed by atoms with Gasteiger partial charge < -0.3 is 20.1 Å². The molecule has 0 amide bonds. The van der Waals surface area contributed by atoms with Gasteiger partial charge in [0.05, 0.1) is 31.5 Å². The monoisotopic (exact) mass is 462 g/mol. The first-order chi connectivity index (χ1) is 11.2. The third kappa shape index (κ3) is 5.52. The first kappa shape index (κ1) is 20.5. The van der Waals surface area contributed by atoms with E-state index in [1.54, 1.807) is 25.5 Å².